The topological polar surface area (TPSA) is 66.5 Å². The summed E-state index contributed by atoms with van der Waals surface area (Å²) in [5.74, 6) is 0.903. The van der Waals surface area contributed by atoms with Gasteiger partial charge in [0.15, 0.2) is 0 Å². The van der Waals surface area contributed by atoms with E-state index in [1.165, 1.54) is 4.57 Å². The van der Waals surface area contributed by atoms with Gasteiger partial charge >= 0.3 is 6.09 Å². The Hall–Kier alpha value is -1.49. The zero-order valence-electron chi connectivity index (χ0n) is 10.4. The van der Waals surface area contributed by atoms with E-state index in [1.807, 2.05) is 20.8 Å². The maximum atomic E-state index is 11.8. The van der Waals surface area contributed by atoms with E-state index in [9.17, 15) is 4.79 Å². The summed E-state index contributed by atoms with van der Waals surface area (Å²) in [6.07, 6.45) is 3.00. The van der Waals surface area contributed by atoms with Crippen LogP contribution in [0.1, 0.15) is 32.3 Å². The summed E-state index contributed by atoms with van der Waals surface area (Å²) < 4.78 is 12.1. The molecule has 1 aromatic heterocycles. The van der Waals surface area contributed by atoms with Crippen molar-refractivity contribution in [2.45, 2.75) is 32.3 Å². The molecule has 0 amide bonds. The lowest BCUT2D eigenvalue weighted by atomic mass is 10.1. The van der Waals surface area contributed by atoms with E-state index >= 15 is 0 Å². The second kappa shape index (κ2) is 4.07. The minimum Gasteiger partial charge on any atom is -0.491 e. The van der Waals surface area contributed by atoms with Gasteiger partial charge in [-0.25, -0.2) is 4.79 Å². The predicted octanol–water partition coefficient (Wildman–Crippen LogP) is 1.71. The average molecular weight is 238 g/mol. The molecule has 1 unspecified atom stereocenters. The fourth-order valence-corrected chi connectivity index (χ4v) is 1.77. The van der Waals surface area contributed by atoms with Crippen molar-refractivity contribution in [1.29, 1.82) is 0 Å². The van der Waals surface area contributed by atoms with E-state index in [-0.39, 0.29) is 5.92 Å². The lowest BCUT2D eigenvalue weighted by molar-refractivity contribution is 0.0536. The molecule has 94 valence electrons. The van der Waals surface area contributed by atoms with Crippen LogP contribution >= 0.6 is 0 Å². The van der Waals surface area contributed by atoms with Crippen LogP contribution < -0.4 is 10.5 Å². The summed E-state index contributed by atoms with van der Waals surface area (Å²) in [5, 5.41) is 0. The molecule has 1 aliphatic heterocycles. The maximum Gasteiger partial charge on any atom is 0.418 e. The molecule has 0 spiro atoms. The SMILES string of the molecule is CC(C)(C)OC(=O)n1cc2c(c1)C(CN)CO2. The van der Waals surface area contributed by atoms with Crippen molar-refractivity contribution in [3.8, 4) is 5.75 Å². The highest BCUT2D eigenvalue weighted by molar-refractivity contribution is 5.72. The molecule has 0 bridgehead atoms. The van der Waals surface area contributed by atoms with Crippen molar-refractivity contribution in [1.82, 2.24) is 4.57 Å². The molecular formula is C12H18N2O3. The largest absolute Gasteiger partial charge is 0.491 e. The Bertz CT molecular complexity index is 431. The highest BCUT2D eigenvalue weighted by atomic mass is 16.6. The minimum atomic E-state index is -0.500. The summed E-state index contributed by atoms with van der Waals surface area (Å²) in [6.45, 7) is 6.62. The van der Waals surface area contributed by atoms with Gasteiger partial charge in [0.25, 0.3) is 0 Å². The zero-order chi connectivity index (χ0) is 12.6. The summed E-state index contributed by atoms with van der Waals surface area (Å²) in [7, 11) is 0. The average Bonchev–Trinajstić information content (AvgIpc) is 2.72. The van der Waals surface area contributed by atoms with Crippen LogP contribution in [0.4, 0.5) is 4.79 Å². The monoisotopic (exact) mass is 238 g/mol. The Morgan fingerprint density at radius 2 is 2.29 bits per heavy atom. The number of aromatic nitrogens is 1. The molecule has 0 saturated carbocycles. The van der Waals surface area contributed by atoms with Gasteiger partial charge < -0.3 is 15.2 Å². The molecule has 0 aromatic carbocycles. The van der Waals surface area contributed by atoms with E-state index < -0.39 is 11.7 Å². The quantitative estimate of drug-likeness (QED) is 0.808. The van der Waals surface area contributed by atoms with Gasteiger partial charge in [-0.3, -0.25) is 4.57 Å². The lowest BCUT2D eigenvalue weighted by Gasteiger charge is -2.19. The molecule has 2 N–H and O–H groups in total. The molecule has 2 heterocycles. The summed E-state index contributed by atoms with van der Waals surface area (Å²) in [4.78, 5) is 11.8. The molecule has 1 aliphatic rings. The van der Waals surface area contributed by atoms with E-state index in [4.69, 9.17) is 15.2 Å². The zero-order valence-corrected chi connectivity index (χ0v) is 10.4. The number of carbonyl (C=O) groups excluding carboxylic acids is 1. The fourth-order valence-electron chi connectivity index (χ4n) is 1.77. The molecule has 1 aromatic rings. The Kier molecular flexibility index (Phi) is 2.87. The summed E-state index contributed by atoms with van der Waals surface area (Å²) in [5.41, 5.74) is 6.11. The first-order valence-electron chi connectivity index (χ1n) is 5.69. The third-order valence-electron chi connectivity index (χ3n) is 2.59. The number of hydrogen-bond acceptors (Lipinski definition) is 4. The predicted molar refractivity (Wildman–Crippen MR) is 63.4 cm³/mol. The Balaban J connectivity index is 2.17. The third kappa shape index (κ3) is 2.44. The minimum absolute atomic E-state index is 0.175. The van der Waals surface area contributed by atoms with E-state index in [1.54, 1.807) is 12.4 Å². The first-order chi connectivity index (χ1) is 7.90. The Labute approximate surface area is 100 Å². The van der Waals surface area contributed by atoms with Crippen LogP contribution in [-0.4, -0.2) is 29.4 Å². The molecule has 0 radical (unpaired) electrons. The van der Waals surface area contributed by atoms with Crippen LogP contribution in [0.15, 0.2) is 12.4 Å². The number of ether oxygens (including phenoxy) is 2. The standard InChI is InChI=1S/C12H18N2O3/c1-12(2,3)17-11(15)14-5-9-8(4-13)7-16-10(9)6-14/h5-6,8H,4,7,13H2,1-3H3. The van der Waals surface area contributed by atoms with Crippen LogP contribution in [0.3, 0.4) is 0 Å². The van der Waals surface area contributed by atoms with E-state index in [0.29, 0.717) is 13.2 Å². The second-order valence-electron chi connectivity index (χ2n) is 5.21. The molecule has 0 saturated heterocycles. The van der Waals surface area contributed by atoms with E-state index in [0.717, 1.165) is 11.3 Å². The lowest BCUT2D eigenvalue weighted by Crippen LogP contribution is -2.26. The maximum absolute atomic E-state index is 11.8. The second-order valence-corrected chi connectivity index (χ2v) is 5.21. The third-order valence-corrected chi connectivity index (χ3v) is 2.59. The number of nitrogens with two attached hydrogens (primary N) is 1. The molecule has 5 nitrogen and oxygen atoms in total. The van der Waals surface area contributed by atoms with Crippen molar-refractivity contribution in [2.75, 3.05) is 13.2 Å². The highest BCUT2D eigenvalue weighted by Crippen LogP contribution is 2.34. The number of hydrogen-bond donors (Lipinski definition) is 1. The van der Waals surface area contributed by atoms with Crippen LogP contribution in [0.2, 0.25) is 0 Å². The highest BCUT2D eigenvalue weighted by Gasteiger charge is 2.27. The summed E-state index contributed by atoms with van der Waals surface area (Å²) >= 11 is 0. The molecule has 1 atom stereocenters. The number of rotatable bonds is 1. The van der Waals surface area contributed by atoms with Crippen LogP contribution in [0, 0.1) is 0 Å². The van der Waals surface area contributed by atoms with Gasteiger partial charge in [0.2, 0.25) is 0 Å². The Morgan fingerprint density at radius 3 is 2.88 bits per heavy atom. The smallest absolute Gasteiger partial charge is 0.418 e. The normalized spacial score (nSPS) is 18.7. The van der Waals surface area contributed by atoms with Crippen molar-refractivity contribution >= 4 is 6.09 Å². The van der Waals surface area contributed by atoms with Gasteiger partial charge in [-0.1, -0.05) is 0 Å². The van der Waals surface area contributed by atoms with Crippen LogP contribution in [-0.2, 0) is 4.74 Å². The number of carbonyl (C=O) groups is 1. The van der Waals surface area contributed by atoms with Gasteiger partial charge in [-0.05, 0) is 20.8 Å². The van der Waals surface area contributed by atoms with Crippen molar-refractivity contribution < 1.29 is 14.3 Å². The Morgan fingerprint density at radius 1 is 1.59 bits per heavy atom. The molecule has 0 fully saturated rings. The number of fused-ring (bicyclic) bond motifs is 1. The molecule has 0 aliphatic carbocycles. The van der Waals surface area contributed by atoms with Crippen LogP contribution in [0.5, 0.6) is 5.75 Å². The van der Waals surface area contributed by atoms with Crippen molar-refractivity contribution in [3.63, 3.8) is 0 Å². The molecular weight excluding hydrogens is 220 g/mol. The molecule has 17 heavy (non-hydrogen) atoms. The summed E-state index contributed by atoms with van der Waals surface area (Å²) in [6, 6.07) is 0. The van der Waals surface area contributed by atoms with Gasteiger partial charge in [0, 0.05) is 24.2 Å². The number of nitrogens with zero attached hydrogens (tertiary/aromatic N) is 1. The van der Waals surface area contributed by atoms with Gasteiger partial charge in [0.1, 0.15) is 11.4 Å². The van der Waals surface area contributed by atoms with E-state index in [2.05, 4.69) is 0 Å². The van der Waals surface area contributed by atoms with Crippen LogP contribution in [0.25, 0.3) is 0 Å². The first kappa shape index (κ1) is 12.0. The fraction of sp³-hybridized carbons (Fsp3) is 0.583. The van der Waals surface area contributed by atoms with Crippen molar-refractivity contribution in [3.05, 3.63) is 18.0 Å². The van der Waals surface area contributed by atoms with Gasteiger partial charge in [0.05, 0.1) is 12.8 Å². The molecule has 5 heteroatoms. The molecule has 2 rings (SSSR count). The van der Waals surface area contributed by atoms with Gasteiger partial charge in [-0.15, -0.1) is 0 Å². The van der Waals surface area contributed by atoms with Crippen molar-refractivity contribution in [2.24, 2.45) is 5.73 Å². The first-order valence-corrected chi connectivity index (χ1v) is 5.69. The van der Waals surface area contributed by atoms with Gasteiger partial charge in [-0.2, -0.15) is 0 Å².